The van der Waals surface area contributed by atoms with Crippen LogP contribution in [0.5, 0.6) is 0 Å². The van der Waals surface area contributed by atoms with E-state index in [1.807, 2.05) is 12.1 Å². The first-order chi connectivity index (χ1) is 11.9. The van der Waals surface area contributed by atoms with Crippen LogP contribution in [0.1, 0.15) is 0 Å². The van der Waals surface area contributed by atoms with Gasteiger partial charge in [-0.25, -0.2) is 8.78 Å². The van der Waals surface area contributed by atoms with Gasteiger partial charge in [-0.3, -0.25) is 0 Å². The average Bonchev–Trinajstić information content (AvgIpc) is 2.63. The Bertz CT molecular complexity index is 880. The number of rotatable bonds is 3. The molecular formula is C18H13F2IO3S. The van der Waals surface area contributed by atoms with Crippen LogP contribution >= 0.6 is 23.0 Å². The summed E-state index contributed by atoms with van der Waals surface area (Å²) >= 11 is 1.11. The Labute approximate surface area is 159 Å². The Balaban J connectivity index is 0.000000181. The molecular weight excluding hydrogens is 461 g/mol. The summed E-state index contributed by atoms with van der Waals surface area (Å²) in [5, 5.41) is 0. The van der Waals surface area contributed by atoms with Crippen molar-refractivity contribution < 1.29 is 19.7 Å². The fraction of sp³-hybridized carbons (Fsp3) is 0. The lowest BCUT2D eigenvalue weighted by molar-refractivity contribution is 0.515. The highest BCUT2D eigenvalue weighted by Crippen LogP contribution is 2.19. The van der Waals surface area contributed by atoms with Gasteiger partial charge in [-0.2, -0.15) is 10.9 Å². The summed E-state index contributed by atoms with van der Waals surface area (Å²) in [4.78, 5) is -0.677. The zero-order valence-electron chi connectivity index (χ0n) is 12.8. The van der Waals surface area contributed by atoms with Gasteiger partial charge in [0.1, 0.15) is 39.5 Å². The molecule has 0 atom stereocenters. The van der Waals surface area contributed by atoms with E-state index in [2.05, 4.69) is 51.0 Å². The van der Waals surface area contributed by atoms with Crippen molar-refractivity contribution in [3.05, 3.63) is 90.5 Å². The van der Waals surface area contributed by atoms with Crippen molar-refractivity contribution in [3.63, 3.8) is 0 Å². The van der Waals surface area contributed by atoms with E-state index >= 15 is 0 Å². The van der Waals surface area contributed by atoms with Crippen LogP contribution in [0.15, 0.2) is 83.8 Å². The SMILES string of the molecule is O=S(=O)(OI)c1ccc(F)cc1F.c1ccc(-c2ccccc2)cc1. The maximum atomic E-state index is 12.8. The molecule has 7 heteroatoms. The summed E-state index contributed by atoms with van der Waals surface area (Å²) < 4.78 is 51.1. The molecule has 0 amide bonds. The van der Waals surface area contributed by atoms with Crippen LogP contribution in [0.25, 0.3) is 11.1 Å². The van der Waals surface area contributed by atoms with Crippen LogP contribution in [-0.2, 0) is 12.6 Å². The summed E-state index contributed by atoms with van der Waals surface area (Å²) in [5.41, 5.74) is 2.55. The number of hydrogen-bond acceptors (Lipinski definition) is 3. The van der Waals surface area contributed by atoms with Gasteiger partial charge < -0.3 is 0 Å². The van der Waals surface area contributed by atoms with E-state index < -0.39 is 26.6 Å². The topological polar surface area (TPSA) is 43.4 Å². The second-order valence-corrected chi connectivity index (χ2v) is 7.38. The fourth-order valence-corrected chi connectivity index (χ4v) is 3.15. The first-order valence-electron chi connectivity index (χ1n) is 7.05. The zero-order valence-corrected chi connectivity index (χ0v) is 15.7. The predicted octanol–water partition coefficient (Wildman–Crippen LogP) is 5.37. The number of benzene rings is 3. The van der Waals surface area contributed by atoms with Crippen molar-refractivity contribution in [2.24, 2.45) is 0 Å². The monoisotopic (exact) mass is 474 g/mol. The molecule has 0 saturated heterocycles. The van der Waals surface area contributed by atoms with E-state index in [0.717, 1.165) is 35.1 Å². The molecule has 0 aliphatic carbocycles. The van der Waals surface area contributed by atoms with Gasteiger partial charge in [-0.1, -0.05) is 60.7 Å². The van der Waals surface area contributed by atoms with Gasteiger partial charge in [0.15, 0.2) is 0 Å². The second kappa shape index (κ2) is 9.02. The fourth-order valence-electron chi connectivity index (χ4n) is 1.97. The Morgan fingerprint density at radius 2 is 1.24 bits per heavy atom. The van der Waals surface area contributed by atoms with Crippen molar-refractivity contribution in [3.8, 4) is 11.1 Å². The Morgan fingerprint density at radius 3 is 1.64 bits per heavy atom. The molecule has 0 aromatic heterocycles. The summed E-state index contributed by atoms with van der Waals surface area (Å²) in [7, 11) is -4.10. The quantitative estimate of drug-likeness (QED) is 0.480. The minimum Gasteiger partial charge on any atom is -0.207 e. The van der Waals surface area contributed by atoms with Crippen LogP contribution in [0.2, 0.25) is 0 Å². The minimum atomic E-state index is -4.10. The van der Waals surface area contributed by atoms with Crippen LogP contribution in [0, 0.1) is 11.6 Å². The highest BCUT2D eigenvalue weighted by atomic mass is 127. The molecule has 0 fully saturated rings. The van der Waals surface area contributed by atoms with Gasteiger partial charge in [0.2, 0.25) is 0 Å². The average molecular weight is 474 g/mol. The van der Waals surface area contributed by atoms with Crippen molar-refractivity contribution in [2.75, 3.05) is 0 Å². The Morgan fingerprint density at radius 1 is 0.760 bits per heavy atom. The lowest BCUT2D eigenvalue weighted by atomic mass is 10.1. The molecule has 0 heterocycles. The number of hydrogen-bond donors (Lipinski definition) is 0. The van der Waals surface area contributed by atoms with Crippen LogP contribution in [0.3, 0.4) is 0 Å². The minimum absolute atomic E-state index is 0.475. The maximum absolute atomic E-state index is 12.8. The van der Waals surface area contributed by atoms with Gasteiger partial charge in [0, 0.05) is 6.07 Å². The molecule has 130 valence electrons. The molecule has 0 aliphatic heterocycles. The highest BCUT2D eigenvalue weighted by Gasteiger charge is 2.19. The molecule has 3 rings (SSSR count). The molecule has 0 spiro atoms. The summed E-state index contributed by atoms with van der Waals surface area (Å²) in [6.45, 7) is 0. The van der Waals surface area contributed by atoms with E-state index in [1.165, 1.54) is 11.1 Å². The van der Waals surface area contributed by atoms with E-state index in [0.29, 0.717) is 6.07 Å². The maximum Gasteiger partial charge on any atom is 0.309 e. The Kier molecular flexibility index (Phi) is 7.03. The first kappa shape index (κ1) is 19.5. The molecule has 0 radical (unpaired) electrons. The normalized spacial score (nSPS) is 10.7. The summed E-state index contributed by atoms with van der Waals surface area (Å²) in [5.74, 6) is -2.01. The molecule has 3 aromatic carbocycles. The zero-order chi connectivity index (χ0) is 18.3. The van der Waals surface area contributed by atoms with E-state index in [4.69, 9.17) is 0 Å². The Hall–Kier alpha value is -1.84. The van der Waals surface area contributed by atoms with E-state index in [9.17, 15) is 17.2 Å². The molecule has 0 aliphatic rings. The lowest BCUT2D eigenvalue weighted by Crippen LogP contribution is -2.02. The third kappa shape index (κ3) is 5.58. The first-order valence-corrected chi connectivity index (χ1v) is 9.33. The van der Waals surface area contributed by atoms with Crippen molar-refractivity contribution >= 4 is 33.1 Å². The van der Waals surface area contributed by atoms with Gasteiger partial charge >= 0.3 is 10.1 Å². The predicted molar refractivity (Wildman–Crippen MR) is 101 cm³/mol. The molecule has 3 nitrogen and oxygen atoms in total. The molecule has 0 saturated carbocycles. The van der Waals surface area contributed by atoms with Crippen LogP contribution in [0.4, 0.5) is 8.78 Å². The van der Waals surface area contributed by atoms with Crippen LogP contribution < -0.4 is 0 Å². The van der Waals surface area contributed by atoms with Crippen molar-refractivity contribution in [1.82, 2.24) is 0 Å². The van der Waals surface area contributed by atoms with Crippen molar-refractivity contribution in [2.45, 2.75) is 4.90 Å². The third-order valence-corrected chi connectivity index (χ3v) is 5.58. The molecule has 0 N–H and O–H groups in total. The highest BCUT2D eigenvalue weighted by molar-refractivity contribution is 14.1. The standard InChI is InChI=1S/C12H10.C6H3F2IO3S/c1-3-7-11(8-4-1)12-9-5-2-6-10-12;7-4-1-2-6(5(8)3-4)13(10,11)12-9/h1-10H;1-3H. The van der Waals surface area contributed by atoms with Crippen LogP contribution in [-0.4, -0.2) is 8.42 Å². The van der Waals surface area contributed by atoms with Gasteiger partial charge in [-0.15, -0.1) is 0 Å². The summed E-state index contributed by atoms with van der Waals surface area (Å²) in [6, 6.07) is 22.9. The third-order valence-electron chi connectivity index (χ3n) is 3.13. The lowest BCUT2D eigenvalue weighted by Gasteiger charge is -2.00. The van der Waals surface area contributed by atoms with E-state index in [1.54, 1.807) is 0 Å². The van der Waals surface area contributed by atoms with E-state index in [-0.39, 0.29) is 0 Å². The van der Waals surface area contributed by atoms with Gasteiger partial charge in [-0.05, 0) is 23.3 Å². The number of halogens is 3. The second-order valence-electron chi connectivity index (χ2n) is 4.82. The van der Waals surface area contributed by atoms with Crippen molar-refractivity contribution in [1.29, 1.82) is 0 Å². The van der Waals surface area contributed by atoms with Gasteiger partial charge in [0.05, 0.1) is 0 Å². The van der Waals surface area contributed by atoms with Gasteiger partial charge in [0.25, 0.3) is 0 Å². The molecule has 25 heavy (non-hydrogen) atoms. The molecule has 0 unspecified atom stereocenters. The molecule has 3 aromatic rings. The molecule has 0 bridgehead atoms. The largest absolute Gasteiger partial charge is 0.309 e. The smallest absolute Gasteiger partial charge is 0.207 e. The summed E-state index contributed by atoms with van der Waals surface area (Å²) in [6.07, 6.45) is 0.